The molecule has 0 fully saturated rings. The monoisotopic (exact) mass is 918 g/mol. The molecule has 4 nitrogen and oxygen atoms in total. The third-order valence-electron chi connectivity index (χ3n) is 14.7. The van der Waals surface area contributed by atoms with Crippen LogP contribution in [0, 0.1) is 17.8 Å². The summed E-state index contributed by atoms with van der Waals surface area (Å²) in [7, 11) is 0. The Kier molecular flexibility index (Phi) is 47.7. The van der Waals surface area contributed by atoms with Crippen LogP contribution in [0.3, 0.4) is 0 Å². The third kappa shape index (κ3) is 46.7. The van der Waals surface area contributed by atoms with Gasteiger partial charge in [0.2, 0.25) is 0 Å². The van der Waals surface area contributed by atoms with E-state index in [2.05, 4.69) is 39.5 Å². The molecule has 390 valence electrons. The molecule has 0 aromatic rings. The van der Waals surface area contributed by atoms with Gasteiger partial charge in [-0.3, -0.25) is 0 Å². The van der Waals surface area contributed by atoms with E-state index in [0.29, 0.717) is 12.5 Å². The fourth-order valence-corrected chi connectivity index (χ4v) is 10.3. The zero-order chi connectivity index (χ0) is 47.9. The largest absolute Gasteiger partial charge is 0.444 e. The van der Waals surface area contributed by atoms with Crippen molar-refractivity contribution in [3.05, 3.63) is 0 Å². The number of hydrogen-bond acceptors (Lipinski definition) is 3. The maximum atomic E-state index is 13.7. The Labute approximate surface area is 410 Å². The minimum absolute atomic E-state index is 0.155. The molecule has 0 saturated heterocycles. The molecular formula is C61H123NO3. The Balaban J connectivity index is 5.03. The average molecular weight is 919 g/mol. The summed E-state index contributed by atoms with van der Waals surface area (Å²) in [5.74, 6) is 2.30. The first-order valence-electron chi connectivity index (χ1n) is 30.1. The normalized spacial score (nSPS) is 13.0. The first kappa shape index (κ1) is 64.2. The van der Waals surface area contributed by atoms with Gasteiger partial charge in [-0.1, -0.05) is 291 Å². The Morgan fingerprint density at radius 2 is 0.769 bits per heavy atom. The van der Waals surface area contributed by atoms with Crippen LogP contribution in [0.5, 0.6) is 0 Å². The Hall–Kier alpha value is -0.770. The average Bonchev–Trinajstić information content (AvgIpc) is 3.26. The van der Waals surface area contributed by atoms with Gasteiger partial charge < -0.3 is 14.7 Å². The minimum atomic E-state index is -0.506. The van der Waals surface area contributed by atoms with Gasteiger partial charge in [-0.25, -0.2) is 4.79 Å². The molecule has 0 aliphatic carbocycles. The van der Waals surface area contributed by atoms with Crippen LogP contribution in [0.4, 0.5) is 4.79 Å². The number of amides is 1. The molecular weight excluding hydrogens is 795 g/mol. The quantitative estimate of drug-likeness (QED) is 0.0619. The van der Waals surface area contributed by atoms with Crippen LogP contribution in [0.2, 0.25) is 0 Å². The summed E-state index contributed by atoms with van der Waals surface area (Å²) in [6.07, 6.45) is 61.3. The van der Waals surface area contributed by atoms with Gasteiger partial charge in [0.05, 0.1) is 0 Å². The fourth-order valence-electron chi connectivity index (χ4n) is 10.3. The predicted octanol–water partition coefficient (Wildman–Crippen LogP) is 21.1. The van der Waals surface area contributed by atoms with Crippen LogP contribution in [0.1, 0.15) is 344 Å². The van der Waals surface area contributed by atoms with E-state index in [0.717, 1.165) is 37.5 Å². The van der Waals surface area contributed by atoms with Crippen LogP contribution in [0.15, 0.2) is 0 Å². The summed E-state index contributed by atoms with van der Waals surface area (Å²) in [4.78, 5) is 15.8. The van der Waals surface area contributed by atoms with Crippen molar-refractivity contribution in [1.29, 1.82) is 0 Å². The van der Waals surface area contributed by atoms with Crippen LogP contribution in [-0.4, -0.2) is 40.9 Å². The number of rotatable bonds is 51. The van der Waals surface area contributed by atoms with E-state index >= 15 is 0 Å². The van der Waals surface area contributed by atoms with E-state index in [-0.39, 0.29) is 18.7 Å². The Morgan fingerprint density at radius 1 is 0.415 bits per heavy atom. The number of aliphatic hydroxyl groups excluding tert-OH is 1. The van der Waals surface area contributed by atoms with Crippen LogP contribution in [0.25, 0.3) is 0 Å². The Morgan fingerprint density at radius 3 is 1.12 bits per heavy atom. The van der Waals surface area contributed by atoms with E-state index in [9.17, 15) is 9.90 Å². The second kappa shape index (κ2) is 48.3. The van der Waals surface area contributed by atoms with Gasteiger partial charge in [-0.15, -0.1) is 0 Å². The van der Waals surface area contributed by atoms with Crippen molar-refractivity contribution < 1.29 is 14.6 Å². The van der Waals surface area contributed by atoms with Crippen LogP contribution >= 0.6 is 0 Å². The van der Waals surface area contributed by atoms with Crippen molar-refractivity contribution in [3.63, 3.8) is 0 Å². The molecule has 0 aliphatic rings. The number of aliphatic hydroxyl groups is 1. The molecule has 2 unspecified atom stereocenters. The zero-order valence-corrected chi connectivity index (χ0v) is 46.3. The summed E-state index contributed by atoms with van der Waals surface area (Å²) in [6, 6.07) is 0.218. The van der Waals surface area contributed by atoms with Crippen LogP contribution in [-0.2, 0) is 4.74 Å². The maximum Gasteiger partial charge on any atom is 0.410 e. The van der Waals surface area contributed by atoms with Crippen molar-refractivity contribution in [3.8, 4) is 0 Å². The van der Waals surface area contributed by atoms with E-state index < -0.39 is 5.60 Å². The maximum absolute atomic E-state index is 13.7. The highest BCUT2D eigenvalue weighted by atomic mass is 16.6. The molecule has 0 saturated carbocycles. The third-order valence-corrected chi connectivity index (χ3v) is 14.7. The number of hydrogen-bond donors (Lipinski definition) is 1. The molecule has 2 atom stereocenters. The minimum Gasteiger partial charge on any atom is -0.444 e. The van der Waals surface area contributed by atoms with Crippen molar-refractivity contribution in [1.82, 2.24) is 4.90 Å². The van der Waals surface area contributed by atoms with Crippen molar-refractivity contribution in [2.75, 3.05) is 13.2 Å². The lowest BCUT2D eigenvalue weighted by atomic mass is 9.88. The molecule has 1 amide bonds. The molecule has 4 heteroatoms. The van der Waals surface area contributed by atoms with Gasteiger partial charge in [-0.05, 0) is 70.6 Å². The van der Waals surface area contributed by atoms with E-state index in [1.807, 2.05) is 20.8 Å². The lowest BCUT2D eigenvalue weighted by molar-refractivity contribution is 0.0126. The molecule has 0 bridgehead atoms. The first-order chi connectivity index (χ1) is 31.5. The van der Waals surface area contributed by atoms with E-state index in [4.69, 9.17) is 4.74 Å². The second-order valence-corrected chi connectivity index (χ2v) is 23.1. The summed E-state index contributed by atoms with van der Waals surface area (Å²) in [5, 5.41) is 9.61. The van der Waals surface area contributed by atoms with Gasteiger partial charge in [0.1, 0.15) is 5.60 Å². The lowest BCUT2D eigenvalue weighted by Crippen LogP contribution is -2.44. The molecule has 0 heterocycles. The fraction of sp³-hybridized carbons (Fsp3) is 0.984. The smallest absolute Gasteiger partial charge is 0.410 e. The molecule has 0 aromatic carbocycles. The highest BCUT2D eigenvalue weighted by Gasteiger charge is 2.28. The molecule has 0 spiro atoms. The van der Waals surface area contributed by atoms with Crippen molar-refractivity contribution in [2.45, 2.75) is 356 Å². The zero-order valence-electron chi connectivity index (χ0n) is 46.3. The lowest BCUT2D eigenvalue weighted by Gasteiger charge is -2.34. The number of carbonyl (C=O) groups is 1. The van der Waals surface area contributed by atoms with E-state index in [1.165, 1.54) is 263 Å². The number of carbonyl (C=O) groups excluding carboxylic acids is 1. The summed E-state index contributed by atoms with van der Waals surface area (Å²) in [6.45, 7) is 18.5. The molecule has 0 rings (SSSR count). The van der Waals surface area contributed by atoms with Gasteiger partial charge >= 0.3 is 6.09 Å². The summed E-state index contributed by atoms with van der Waals surface area (Å²) < 4.78 is 6.02. The second-order valence-electron chi connectivity index (χ2n) is 23.1. The topological polar surface area (TPSA) is 49.8 Å². The molecule has 0 aliphatic heterocycles. The van der Waals surface area contributed by atoms with Gasteiger partial charge in [0, 0.05) is 19.2 Å². The van der Waals surface area contributed by atoms with Gasteiger partial charge in [0.15, 0.2) is 0 Å². The van der Waals surface area contributed by atoms with Gasteiger partial charge in [0.25, 0.3) is 0 Å². The highest BCUT2D eigenvalue weighted by Crippen LogP contribution is 2.28. The number of ether oxygens (including phenoxy) is 1. The van der Waals surface area contributed by atoms with Crippen LogP contribution < -0.4 is 0 Å². The molecule has 0 aromatic heterocycles. The molecule has 65 heavy (non-hydrogen) atoms. The first-order valence-corrected chi connectivity index (χ1v) is 30.1. The van der Waals surface area contributed by atoms with Crippen molar-refractivity contribution >= 4 is 6.09 Å². The van der Waals surface area contributed by atoms with E-state index in [1.54, 1.807) is 0 Å². The molecule has 1 N–H and O–H groups in total. The predicted molar refractivity (Wildman–Crippen MR) is 290 cm³/mol. The van der Waals surface area contributed by atoms with Gasteiger partial charge in [-0.2, -0.15) is 0 Å². The summed E-state index contributed by atoms with van der Waals surface area (Å²) in [5.41, 5.74) is -0.506. The standard InChI is InChI=1S/C61H123NO3/c1-9-11-13-15-17-19-21-23-25-27-29-31-33-35-37-39-48-58(49-40-38-36-34-32-30-28-26-24-22-20-18-16-14-12-10-2)50-41-42-51-59(53-52-57(5)47-45-46-56(3)4)62(54-43-44-55-63)60(64)65-61(6,7)8/h56-59,63H,9-55H2,1-8H3. The van der Waals surface area contributed by atoms with Crippen molar-refractivity contribution in [2.24, 2.45) is 17.8 Å². The molecule has 0 radical (unpaired) electrons. The number of nitrogens with zero attached hydrogens (tertiary/aromatic N) is 1. The SMILES string of the molecule is CCCCCCCCCCCCCCCCCCC(CCCCCCCCCCCCCCCCCC)CCCCC(CCC(C)CCCC(C)C)N(CCCCO)C(=O)OC(C)(C)C. The Bertz CT molecular complexity index is 908. The summed E-state index contributed by atoms with van der Waals surface area (Å²) >= 11 is 0. The highest BCUT2D eigenvalue weighted by molar-refractivity contribution is 5.68. The number of unbranched alkanes of at least 4 members (excludes halogenated alkanes) is 32.